The van der Waals surface area contributed by atoms with Crippen LogP contribution in [0.3, 0.4) is 0 Å². The molecule has 2 unspecified atom stereocenters. The van der Waals surface area contributed by atoms with Crippen molar-refractivity contribution in [3.63, 3.8) is 0 Å². The fourth-order valence-electron chi connectivity index (χ4n) is 2.99. The quantitative estimate of drug-likeness (QED) is 0.809. The zero-order valence-corrected chi connectivity index (χ0v) is 10.8. The van der Waals surface area contributed by atoms with Crippen molar-refractivity contribution in [2.24, 2.45) is 0 Å². The summed E-state index contributed by atoms with van der Waals surface area (Å²) in [6.45, 7) is 1.97. The average Bonchev–Trinajstić information content (AvgIpc) is 2.29. The SMILES string of the molecule is Cc1ccc(S(=O)(=O)N2C3CCCC2C3)cc1. The molecule has 92 valence electrons. The highest BCUT2D eigenvalue weighted by atomic mass is 32.2. The summed E-state index contributed by atoms with van der Waals surface area (Å²) in [7, 11) is -3.24. The summed E-state index contributed by atoms with van der Waals surface area (Å²) in [5.41, 5.74) is 1.09. The maximum Gasteiger partial charge on any atom is 0.243 e. The van der Waals surface area contributed by atoms with E-state index in [-0.39, 0.29) is 12.1 Å². The van der Waals surface area contributed by atoms with Crippen LogP contribution in [0, 0.1) is 6.92 Å². The van der Waals surface area contributed by atoms with Crippen LogP contribution in [0.4, 0.5) is 0 Å². The van der Waals surface area contributed by atoms with E-state index in [4.69, 9.17) is 0 Å². The largest absolute Gasteiger partial charge is 0.243 e. The molecular formula is C13H17NO2S. The van der Waals surface area contributed by atoms with Crippen LogP contribution in [-0.4, -0.2) is 24.8 Å². The molecule has 17 heavy (non-hydrogen) atoms. The lowest BCUT2D eigenvalue weighted by Crippen LogP contribution is -2.60. The second-order valence-electron chi connectivity index (χ2n) is 5.12. The van der Waals surface area contributed by atoms with Gasteiger partial charge in [0.1, 0.15) is 0 Å². The van der Waals surface area contributed by atoms with E-state index in [0.717, 1.165) is 24.8 Å². The van der Waals surface area contributed by atoms with E-state index in [9.17, 15) is 8.42 Å². The molecule has 3 rings (SSSR count). The Kier molecular flexibility index (Phi) is 2.52. The first-order valence-electron chi connectivity index (χ1n) is 6.19. The predicted octanol–water partition coefficient (Wildman–Crippen LogP) is 2.31. The molecule has 2 bridgehead atoms. The molecule has 2 saturated heterocycles. The molecule has 0 amide bonds. The average molecular weight is 251 g/mol. The third-order valence-corrected chi connectivity index (χ3v) is 5.95. The van der Waals surface area contributed by atoms with Gasteiger partial charge in [-0.15, -0.1) is 0 Å². The number of hydrogen-bond donors (Lipinski definition) is 0. The Hall–Kier alpha value is -0.870. The number of nitrogens with zero attached hydrogens (tertiary/aromatic N) is 1. The minimum absolute atomic E-state index is 0.264. The van der Waals surface area contributed by atoms with Gasteiger partial charge < -0.3 is 0 Å². The maximum absolute atomic E-state index is 12.5. The standard InChI is InChI=1S/C13H17NO2S/c1-10-5-7-13(8-6-10)17(15,16)14-11-3-2-4-12(14)9-11/h5-8,11-12H,2-4,9H2,1H3. The van der Waals surface area contributed by atoms with Crippen molar-refractivity contribution in [2.45, 2.75) is 49.6 Å². The van der Waals surface area contributed by atoms with Crippen molar-refractivity contribution >= 4 is 10.0 Å². The summed E-state index contributed by atoms with van der Waals surface area (Å²) >= 11 is 0. The first-order valence-corrected chi connectivity index (χ1v) is 7.63. The Balaban J connectivity index is 1.94. The Labute approximate surface area is 102 Å². The molecule has 1 aromatic rings. The zero-order valence-electron chi connectivity index (χ0n) is 9.96. The molecule has 2 aliphatic heterocycles. The van der Waals surface area contributed by atoms with Gasteiger partial charge in [0.25, 0.3) is 0 Å². The molecular weight excluding hydrogens is 234 g/mol. The second-order valence-corrected chi connectivity index (χ2v) is 6.97. The summed E-state index contributed by atoms with van der Waals surface area (Å²) in [6, 6.07) is 7.70. The molecule has 0 aromatic heterocycles. The highest BCUT2D eigenvalue weighted by Crippen LogP contribution is 2.41. The molecule has 2 atom stereocenters. The van der Waals surface area contributed by atoms with Crippen molar-refractivity contribution in [2.75, 3.05) is 0 Å². The number of benzene rings is 1. The third kappa shape index (κ3) is 1.70. The fourth-order valence-corrected chi connectivity index (χ4v) is 4.88. The topological polar surface area (TPSA) is 37.4 Å². The first-order chi connectivity index (χ1) is 8.09. The highest BCUT2D eigenvalue weighted by molar-refractivity contribution is 7.89. The number of fused-ring (bicyclic) bond motifs is 2. The summed E-state index contributed by atoms with van der Waals surface area (Å²) in [4.78, 5) is 0.444. The number of aryl methyl sites for hydroxylation is 1. The zero-order chi connectivity index (χ0) is 12.0. The smallest absolute Gasteiger partial charge is 0.207 e. The first kappa shape index (κ1) is 11.2. The molecule has 0 N–H and O–H groups in total. The van der Waals surface area contributed by atoms with Gasteiger partial charge in [0, 0.05) is 12.1 Å². The van der Waals surface area contributed by atoms with Gasteiger partial charge in [-0.25, -0.2) is 8.42 Å². The van der Waals surface area contributed by atoms with Crippen LogP contribution in [0.5, 0.6) is 0 Å². The Morgan fingerprint density at radius 1 is 1.12 bits per heavy atom. The Morgan fingerprint density at radius 2 is 1.71 bits per heavy atom. The maximum atomic E-state index is 12.5. The summed E-state index contributed by atoms with van der Waals surface area (Å²) < 4.78 is 26.7. The molecule has 0 aliphatic carbocycles. The van der Waals surface area contributed by atoms with Gasteiger partial charge in [0.2, 0.25) is 10.0 Å². The van der Waals surface area contributed by atoms with Crippen LogP contribution < -0.4 is 0 Å². The Bertz CT molecular complexity index is 507. The van der Waals surface area contributed by atoms with Gasteiger partial charge in [-0.2, -0.15) is 4.31 Å². The lowest BCUT2D eigenvalue weighted by Gasteiger charge is -2.51. The summed E-state index contributed by atoms with van der Waals surface area (Å²) in [5, 5.41) is 0. The predicted molar refractivity (Wildman–Crippen MR) is 66.2 cm³/mol. The van der Waals surface area contributed by atoms with Gasteiger partial charge in [-0.05, 0) is 38.3 Å². The minimum atomic E-state index is -3.24. The minimum Gasteiger partial charge on any atom is -0.207 e. The van der Waals surface area contributed by atoms with Crippen LogP contribution >= 0.6 is 0 Å². The van der Waals surface area contributed by atoms with E-state index in [1.165, 1.54) is 6.42 Å². The molecule has 0 radical (unpaired) electrons. The van der Waals surface area contributed by atoms with E-state index in [1.54, 1.807) is 16.4 Å². The molecule has 2 aliphatic rings. The summed E-state index contributed by atoms with van der Waals surface area (Å²) in [6.07, 6.45) is 4.30. The normalized spacial score (nSPS) is 28.8. The van der Waals surface area contributed by atoms with Crippen LogP contribution in [0.2, 0.25) is 0 Å². The van der Waals surface area contributed by atoms with Crippen molar-refractivity contribution in [3.8, 4) is 0 Å². The lowest BCUT2D eigenvalue weighted by molar-refractivity contribution is 0.0554. The van der Waals surface area contributed by atoms with Gasteiger partial charge in [0.05, 0.1) is 4.90 Å². The number of rotatable bonds is 2. The monoisotopic (exact) mass is 251 g/mol. The fraction of sp³-hybridized carbons (Fsp3) is 0.538. The van der Waals surface area contributed by atoms with Gasteiger partial charge in [0.15, 0.2) is 0 Å². The van der Waals surface area contributed by atoms with Crippen molar-refractivity contribution in [1.29, 1.82) is 0 Å². The van der Waals surface area contributed by atoms with Crippen LogP contribution in [-0.2, 0) is 10.0 Å². The molecule has 4 heteroatoms. The highest BCUT2D eigenvalue weighted by Gasteiger charge is 2.48. The van der Waals surface area contributed by atoms with Gasteiger partial charge >= 0.3 is 0 Å². The van der Waals surface area contributed by atoms with Crippen molar-refractivity contribution < 1.29 is 8.42 Å². The molecule has 3 nitrogen and oxygen atoms in total. The van der Waals surface area contributed by atoms with Gasteiger partial charge in [-0.1, -0.05) is 24.1 Å². The molecule has 2 fully saturated rings. The van der Waals surface area contributed by atoms with E-state index in [1.807, 2.05) is 19.1 Å². The molecule has 0 spiro atoms. The summed E-state index contributed by atoms with van der Waals surface area (Å²) in [5.74, 6) is 0. The van der Waals surface area contributed by atoms with Crippen molar-refractivity contribution in [3.05, 3.63) is 29.8 Å². The molecule has 0 saturated carbocycles. The van der Waals surface area contributed by atoms with E-state index < -0.39 is 10.0 Å². The Morgan fingerprint density at radius 3 is 2.24 bits per heavy atom. The van der Waals surface area contributed by atoms with Gasteiger partial charge in [-0.3, -0.25) is 0 Å². The lowest BCUT2D eigenvalue weighted by atomic mass is 9.83. The van der Waals surface area contributed by atoms with Crippen molar-refractivity contribution in [1.82, 2.24) is 4.31 Å². The third-order valence-electron chi connectivity index (χ3n) is 3.94. The van der Waals surface area contributed by atoms with E-state index in [0.29, 0.717) is 4.90 Å². The van der Waals surface area contributed by atoms with Crippen LogP contribution in [0.25, 0.3) is 0 Å². The molecule has 2 heterocycles. The molecule has 1 aromatic carbocycles. The number of sulfonamides is 1. The van der Waals surface area contributed by atoms with E-state index in [2.05, 4.69) is 0 Å². The number of hydrogen-bond acceptors (Lipinski definition) is 2. The second kappa shape index (κ2) is 3.82. The van der Waals surface area contributed by atoms with Crippen LogP contribution in [0.1, 0.15) is 31.2 Å². The number of piperidine rings is 1. The van der Waals surface area contributed by atoms with Crippen LogP contribution in [0.15, 0.2) is 29.2 Å². The van der Waals surface area contributed by atoms with E-state index >= 15 is 0 Å².